The molecule has 4 nitrogen and oxygen atoms in total. The van der Waals surface area contributed by atoms with Gasteiger partial charge >= 0.3 is 0 Å². The van der Waals surface area contributed by atoms with Gasteiger partial charge in [-0.15, -0.1) is 0 Å². The van der Waals surface area contributed by atoms with E-state index in [1.165, 1.54) is 28.7 Å². The molecule has 0 radical (unpaired) electrons. The number of aryl methyl sites for hydroxylation is 2. The first-order chi connectivity index (χ1) is 12.6. The summed E-state index contributed by atoms with van der Waals surface area (Å²) in [5, 5.41) is 0. The van der Waals surface area contributed by atoms with E-state index in [-0.39, 0.29) is 0 Å². The number of nitrogens with zero attached hydrogens (tertiary/aromatic N) is 4. The third-order valence-corrected chi connectivity index (χ3v) is 5.69. The summed E-state index contributed by atoms with van der Waals surface area (Å²) in [6, 6.07) is 10.9. The fourth-order valence-electron chi connectivity index (χ4n) is 3.87. The average molecular weight is 346 g/mol. The molecule has 26 heavy (non-hydrogen) atoms. The van der Waals surface area contributed by atoms with E-state index in [9.17, 15) is 0 Å². The molecular weight excluding hydrogens is 320 g/mol. The topological polar surface area (TPSA) is 34.0 Å². The van der Waals surface area contributed by atoms with Crippen LogP contribution in [0.4, 0.5) is 0 Å². The van der Waals surface area contributed by atoms with Crippen LogP contribution in [0, 0.1) is 13.8 Å². The number of hydrogen-bond donors (Lipinski definition) is 0. The summed E-state index contributed by atoms with van der Waals surface area (Å²) in [6.45, 7) is 7.48. The van der Waals surface area contributed by atoms with E-state index in [4.69, 9.17) is 0 Å². The molecule has 0 bridgehead atoms. The minimum absolute atomic E-state index is 0.571. The van der Waals surface area contributed by atoms with E-state index in [2.05, 4.69) is 70.7 Å². The fraction of sp³-hybridized carbons (Fsp3) is 0.364. The number of rotatable bonds is 4. The predicted octanol–water partition coefficient (Wildman–Crippen LogP) is 4.09. The van der Waals surface area contributed by atoms with Gasteiger partial charge in [0.05, 0.1) is 12.2 Å². The van der Waals surface area contributed by atoms with Crippen LogP contribution < -0.4 is 0 Å². The Labute approximate surface area is 155 Å². The van der Waals surface area contributed by atoms with Crippen molar-refractivity contribution in [2.45, 2.75) is 32.7 Å². The molecular formula is C22H26N4. The number of likely N-dealkylation sites (tertiary alicyclic amines) is 1. The zero-order valence-electron chi connectivity index (χ0n) is 15.8. The van der Waals surface area contributed by atoms with Crippen LogP contribution in [0.3, 0.4) is 0 Å². The predicted molar refractivity (Wildman–Crippen MR) is 105 cm³/mol. The van der Waals surface area contributed by atoms with Gasteiger partial charge in [0.2, 0.25) is 0 Å². The lowest BCUT2D eigenvalue weighted by molar-refractivity contribution is 0.314. The van der Waals surface area contributed by atoms with Gasteiger partial charge in [-0.1, -0.05) is 18.2 Å². The molecule has 134 valence electrons. The van der Waals surface area contributed by atoms with Crippen molar-refractivity contribution in [3.8, 4) is 11.3 Å². The highest BCUT2D eigenvalue weighted by atomic mass is 15.2. The largest absolute Gasteiger partial charge is 0.337 e. The molecule has 4 rings (SSSR count). The Kier molecular flexibility index (Phi) is 4.60. The molecule has 1 fully saturated rings. The molecule has 1 atom stereocenters. The van der Waals surface area contributed by atoms with Gasteiger partial charge in [0, 0.05) is 37.7 Å². The Morgan fingerprint density at radius 1 is 1.12 bits per heavy atom. The van der Waals surface area contributed by atoms with Crippen LogP contribution in [0.2, 0.25) is 0 Å². The van der Waals surface area contributed by atoms with E-state index in [1.807, 2.05) is 18.6 Å². The lowest BCUT2D eigenvalue weighted by Crippen LogP contribution is -2.21. The highest BCUT2D eigenvalue weighted by Crippen LogP contribution is 2.31. The van der Waals surface area contributed by atoms with Crippen molar-refractivity contribution >= 4 is 0 Å². The molecule has 0 unspecified atom stereocenters. The second-order valence-corrected chi connectivity index (χ2v) is 7.40. The second kappa shape index (κ2) is 7.04. The Morgan fingerprint density at radius 3 is 2.81 bits per heavy atom. The van der Waals surface area contributed by atoms with Crippen molar-refractivity contribution in [1.82, 2.24) is 19.4 Å². The monoisotopic (exact) mass is 346 g/mol. The molecule has 0 aliphatic carbocycles. The molecule has 2 aromatic heterocycles. The molecule has 4 heteroatoms. The normalized spacial score (nSPS) is 17.7. The van der Waals surface area contributed by atoms with Gasteiger partial charge in [-0.3, -0.25) is 9.88 Å². The summed E-state index contributed by atoms with van der Waals surface area (Å²) >= 11 is 0. The molecule has 3 aromatic rings. The number of hydrogen-bond acceptors (Lipinski definition) is 3. The van der Waals surface area contributed by atoms with Crippen molar-refractivity contribution in [2.24, 2.45) is 7.05 Å². The molecule has 1 aromatic carbocycles. The lowest BCUT2D eigenvalue weighted by atomic mass is 9.95. The molecule has 0 saturated carbocycles. The zero-order chi connectivity index (χ0) is 18.1. The van der Waals surface area contributed by atoms with Crippen LogP contribution in [-0.2, 0) is 13.6 Å². The SMILES string of the molecule is Cc1cccc(-c2cc([C@H]3CCN(Cc4nccn4C)C3)ccn2)c1C. The number of aromatic nitrogens is 3. The van der Waals surface area contributed by atoms with Crippen molar-refractivity contribution in [3.63, 3.8) is 0 Å². The van der Waals surface area contributed by atoms with Crippen molar-refractivity contribution in [2.75, 3.05) is 13.1 Å². The highest BCUT2D eigenvalue weighted by molar-refractivity contribution is 5.65. The average Bonchev–Trinajstić information content (AvgIpc) is 3.27. The summed E-state index contributed by atoms with van der Waals surface area (Å²) in [4.78, 5) is 11.6. The summed E-state index contributed by atoms with van der Waals surface area (Å²) in [7, 11) is 2.06. The second-order valence-electron chi connectivity index (χ2n) is 7.40. The van der Waals surface area contributed by atoms with Gasteiger partial charge in [-0.05, 0) is 61.6 Å². The number of imidazole rings is 1. The van der Waals surface area contributed by atoms with Gasteiger partial charge in [-0.2, -0.15) is 0 Å². The van der Waals surface area contributed by atoms with Crippen LogP contribution >= 0.6 is 0 Å². The number of pyridine rings is 1. The first kappa shape index (κ1) is 17.0. The summed E-state index contributed by atoms with van der Waals surface area (Å²) in [5.41, 5.74) is 6.37. The first-order valence-electron chi connectivity index (χ1n) is 9.33. The van der Waals surface area contributed by atoms with Crippen LogP contribution in [0.1, 0.15) is 34.9 Å². The maximum absolute atomic E-state index is 4.65. The van der Waals surface area contributed by atoms with Gasteiger partial charge in [0.1, 0.15) is 5.82 Å². The third-order valence-electron chi connectivity index (χ3n) is 5.69. The van der Waals surface area contributed by atoms with Crippen LogP contribution in [0.15, 0.2) is 48.9 Å². The maximum Gasteiger partial charge on any atom is 0.122 e. The molecule has 1 saturated heterocycles. The van der Waals surface area contributed by atoms with E-state index >= 15 is 0 Å². The third kappa shape index (κ3) is 3.29. The van der Waals surface area contributed by atoms with Crippen LogP contribution in [-0.4, -0.2) is 32.5 Å². The molecule has 0 spiro atoms. The first-order valence-corrected chi connectivity index (χ1v) is 9.33. The van der Waals surface area contributed by atoms with Gasteiger partial charge in [0.15, 0.2) is 0 Å². The molecule has 1 aliphatic heterocycles. The van der Waals surface area contributed by atoms with E-state index < -0.39 is 0 Å². The summed E-state index contributed by atoms with van der Waals surface area (Å²) in [6.07, 6.45) is 7.05. The fourth-order valence-corrected chi connectivity index (χ4v) is 3.87. The van der Waals surface area contributed by atoms with Crippen LogP contribution in [0.5, 0.6) is 0 Å². The molecule has 1 aliphatic rings. The van der Waals surface area contributed by atoms with Gasteiger partial charge in [-0.25, -0.2) is 4.98 Å². The van der Waals surface area contributed by atoms with Crippen molar-refractivity contribution < 1.29 is 0 Å². The van der Waals surface area contributed by atoms with E-state index in [0.29, 0.717) is 5.92 Å². The quantitative estimate of drug-likeness (QED) is 0.713. The Balaban J connectivity index is 1.52. The lowest BCUT2D eigenvalue weighted by Gasteiger charge is -2.16. The van der Waals surface area contributed by atoms with Crippen LogP contribution in [0.25, 0.3) is 11.3 Å². The Morgan fingerprint density at radius 2 is 2.00 bits per heavy atom. The number of benzene rings is 1. The summed E-state index contributed by atoms with van der Waals surface area (Å²) in [5.74, 6) is 1.71. The van der Waals surface area contributed by atoms with Crippen molar-refractivity contribution in [3.05, 3.63) is 71.4 Å². The zero-order valence-corrected chi connectivity index (χ0v) is 15.8. The molecule has 0 N–H and O–H groups in total. The minimum atomic E-state index is 0.571. The molecule has 0 amide bonds. The van der Waals surface area contributed by atoms with Crippen molar-refractivity contribution in [1.29, 1.82) is 0 Å². The summed E-state index contributed by atoms with van der Waals surface area (Å²) < 4.78 is 2.11. The van der Waals surface area contributed by atoms with Gasteiger partial charge in [0.25, 0.3) is 0 Å². The minimum Gasteiger partial charge on any atom is -0.337 e. The maximum atomic E-state index is 4.65. The standard InChI is InChI=1S/C22H26N4/c1-16-5-4-6-20(17(16)2)21-13-18(7-9-23-21)19-8-11-26(14-19)15-22-24-10-12-25(22)3/h4-7,9-10,12-13,19H,8,11,14-15H2,1-3H3/t19-/m0/s1. The Bertz CT molecular complexity index is 912. The van der Waals surface area contributed by atoms with E-state index in [1.54, 1.807) is 0 Å². The smallest absolute Gasteiger partial charge is 0.122 e. The van der Waals surface area contributed by atoms with E-state index in [0.717, 1.165) is 31.2 Å². The Hall–Kier alpha value is -2.46. The molecule has 3 heterocycles. The highest BCUT2D eigenvalue weighted by Gasteiger charge is 2.25. The van der Waals surface area contributed by atoms with Gasteiger partial charge < -0.3 is 4.57 Å².